The first-order chi connectivity index (χ1) is 12.6. The number of ether oxygens (including phenoxy) is 2. The number of Topliss-reactive ketones (excluding diaryl/α,β-unsaturated/α-hetero) is 1. The summed E-state index contributed by atoms with van der Waals surface area (Å²) in [7, 11) is 0. The third-order valence-electron chi connectivity index (χ3n) is 3.81. The van der Waals surface area contributed by atoms with E-state index in [0.717, 1.165) is 12.0 Å². The molecule has 0 aliphatic carbocycles. The van der Waals surface area contributed by atoms with E-state index in [-0.39, 0.29) is 11.4 Å². The number of hydrogen-bond acceptors (Lipinski definition) is 4. The summed E-state index contributed by atoms with van der Waals surface area (Å²) in [6, 6.07) is 14.7. The molecule has 0 heterocycles. The first-order valence-corrected chi connectivity index (χ1v) is 8.73. The van der Waals surface area contributed by atoms with Crippen molar-refractivity contribution in [3.05, 3.63) is 64.7 Å². The van der Waals surface area contributed by atoms with Crippen LogP contribution in [0.15, 0.2) is 48.0 Å². The molecule has 0 fully saturated rings. The van der Waals surface area contributed by atoms with E-state index in [1.807, 2.05) is 57.2 Å². The van der Waals surface area contributed by atoms with Gasteiger partial charge >= 0.3 is 0 Å². The van der Waals surface area contributed by atoms with Gasteiger partial charge in [0.2, 0.25) is 5.78 Å². The Morgan fingerprint density at radius 2 is 1.88 bits per heavy atom. The third kappa shape index (κ3) is 4.52. The molecule has 2 rings (SSSR count). The highest BCUT2D eigenvalue weighted by Crippen LogP contribution is 2.33. The van der Waals surface area contributed by atoms with E-state index in [9.17, 15) is 10.1 Å². The van der Waals surface area contributed by atoms with Gasteiger partial charge < -0.3 is 9.47 Å². The van der Waals surface area contributed by atoms with Crippen LogP contribution >= 0.6 is 0 Å². The fourth-order valence-corrected chi connectivity index (χ4v) is 2.55. The summed E-state index contributed by atoms with van der Waals surface area (Å²) in [4.78, 5) is 12.8. The molecule has 0 spiro atoms. The van der Waals surface area contributed by atoms with E-state index in [1.54, 1.807) is 18.2 Å². The predicted octanol–water partition coefficient (Wildman–Crippen LogP) is 4.97. The van der Waals surface area contributed by atoms with Gasteiger partial charge in [0.1, 0.15) is 11.6 Å². The van der Waals surface area contributed by atoms with Crippen LogP contribution in [0.3, 0.4) is 0 Å². The van der Waals surface area contributed by atoms with Gasteiger partial charge in [-0.3, -0.25) is 4.79 Å². The quantitative estimate of drug-likeness (QED) is 0.383. The van der Waals surface area contributed by atoms with E-state index in [0.29, 0.717) is 35.8 Å². The van der Waals surface area contributed by atoms with Crippen molar-refractivity contribution in [2.45, 2.75) is 27.2 Å². The van der Waals surface area contributed by atoms with Crippen molar-refractivity contribution in [1.29, 1.82) is 5.26 Å². The van der Waals surface area contributed by atoms with Crippen LogP contribution in [0.5, 0.6) is 11.5 Å². The number of carbonyl (C=O) groups is 1. The van der Waals surface area contributed by atoms with E-state index in [2.05, 4.69) is 0 Å². The number of benzene rings is 2. The predicted molar refractivity (Wildman–Crippen MR) is 102 cm³/mol. The lowest BCUT2D eigenvalue weighted by atomic mass is 9.98. The first-order valence-electron chi connectivity index (χ1n) is 8.73. The van der Waals surface area contributed by atoms with Crippen LogP contribution in [0.1, 0.15) is 41.8 Å². The van der Waals surface area contributed by atoms with Gasteiger partial charge in [-0.1, -0.05) is 43.3 Å². The van der Waals surface area contributed by atoms with Gasteiger partial charge in [-0.25, -0.2) is 0 Å². The molecule has 0 aliphatic rings. The highest BCUT2D eigenvalue weighted by atomic mass is 16.5. The molecule has 4 nitrogen and oxygen atoms in total. The molecule has 4 heteroatoms. The Morgan fingerprint density at radius 1 is 1.12 bits per heavy atom. The zero-order chi connectivity index (χ0) is 18.9. The summed E-state index contributed by atoms with van der Waals surface area (Å²) in [5.74, 6) is 0.866. The maximum Gasteiger partial charge on any atom is 0.203 e. The van der Waals surface area contributed by atoms with Crippen LogP contribution in [-0.2, 0) is 0 Å². The van der Waals surface area contributed by atoms with E-state index in [1.165, 1.54) is 0 Å². The Bertz CT molecular complexity index is 847. The van der Waals surface area contributed by atoms with Crippen molar-refractivity contribution < 1.29 is 14.3 Å². The molecule has 0 saturated heterocycles. The van der Waals surface area contributed by atoms with Crippen LogP contribution in [0.4, 0.5) is 0 Å². The second-order valence-corrected chi connectivity index (χ2v) is 5.77. The molecule has 26 heavy (non-hydrogen) atoms. The number of ketones is 1. The Hall–Kier alpha value is -3.06. The molecule has 2 aromatic rings. The minimum absolute atomic E-state index is 0.0642. The normalized spacial score (nSPS) is 10.9. The lowest BCUT2D eigenvalue weighted by molar-refractivity contribution is 0.103. The fourth-order valence-electron chi connectivity index (χ4n) is 2.55. The second kappa shape index (κ2) is 9.43. The Balaban J connectivity index is 2.48. The van der Waals surface area contributed by atoms with Crippen molar-refractivity contribution in [3.63, 3.8) is 0 Å². The number of rotatable bonds is 8. The molecule has 0 unspecified atom stereocenters. The lowest BCUT2D eigenvalue weighted by Gasteiger charge is -2.14. The van der Waals surface area contributed by atoms with Crippen molar-refractivity contribution in [2.75, 3.05) is 13.2 Å². The topological polar surface area (TPSA) is 59.3 Å². The summed E-state index contributed by atoms with van der Waals surface area (Å²) in [5, 5.41) is 9.54. The molecule has 0 N–H and O–H groups in total. The summed E-state index contributed by atoms with van der Waals surface area (Å²) < 4.78 is 11.5. The summed E-state index contributed by atoms with van der Waals surface area (Å²) >= 11 is 0. The molecule has 0 atom stereocenters. The lowest BCUT2D eigenvalue weighted by Crippen LogP contribution is -2.05. The fraction of sp³-hybridized carbons (Fsp3) is 0.273. The standard InChI is InChI=1S/C22H23NO3/c1-4-13-26-22-17(10-8-12-20(22)25-5-2)14-18(15-23)21(24)19-11-7-6-9-16(19)3/h6-12,14H,4-5,13H2,1-3H3/b18-14+. The SMILES string of the molecule is CCCOc1c(/C=C(\C#N)C(=O)c2ccccc2C)cccc1OCC. The minimum atomic E-state index is -0.297. The van der Waals surface area contributed by atoms with E-state index < -0.39 is 0 Å². The smallest absolute Gasteiger partial charge is 0.203 e. The number of para-hydroxylation sites is 1. The zero-order valence-electron chi connectivity index (χ0n) is 15.4. The van der Waals surface area contributed by atoms with E-state index in [4.69, 9.17) is 9.47 Å². The highest BCUT2D eigenvalue weighted by Gasteiger charge is 2.16. The van der Waals surface area contributed by atoms with Crippen molar-refractivity contribution >= 4 is 11.9 Å². The van der Waals surface area contributed by atoms with Crippen molar-refractivity contribution in [1.82, 2.24) is 0 Å². The van der Waals surface area contributed by atoms with Crippen LogP contribution in [0.2, 0.25) is 0 Å². The maximum atomic E-state index is 12.8. The summed E-state index contributed by atoms with van der Waals surface area (Å²) in [6.07, 6.45) is 2.42. The molecule has 0 bridgehead atoms. The van der Waals surface area contributed by atoms with Gasteiger partial charge in [0.25, 0.3) is 0 Å². The molecule has 2 aromatic carbocycles. The number of carbonyl (C=O) groups excluding carboxylic acids is 1. The van der Waals surface area contributed by atoms with Crippen molar-refractivity contribution in [2.24, 2.45) is 0 Å². The average Bonchev–Trinajstić information content (AvgIpc) is 2.65. The molecule has 0 aromatic heterocycles. The molecule has 0 amide bonds. The van der Waals surface area contributed by atoms with Gasteiger partial charge in [0, 0.05) is 11.1 Å². The number of nitrogens with zero attached hydrogens (tertiary/aromatic N) is 1. The van der Waals surface area contributed by atoms with Gasteiger partial charge in [0.15, 0.2) is 11.5 Å². The monoisotopic (exact) mass is 349 g/mol. The number of allylic oxidation sites excluding steroid dienone is 1. The second-order valence-electron chi connectivity index (χ2n) is 5.77. The van der Waals surface area contributed by atoms with Crippen LogP contribution < -0.4 is 9.47 Å². The van der Waals surface area contributed by atoms with Gasteiger partial charge in [-0.2, -0.15) is 5.26 Å². The number of aryl methyl sites for hydroxylation is 1. The highest BCUT2D eigenvalue weighted by molar-refractivity contribution is 6.14. The molecule has 134 valence electrons. The Labute approximate surface area is 154 Å². The minimum Gasteiger partial charge on any atom is -0.490 e. The van der Waals surface area contributed by atoms with Crippen LogP contribution in [0, 0.1) is 18.3 Å². The Kier molecular flexibility index (Phi) is 6.99. The molecular weight excluding hydrogens is 326 g/mol. The maximum absolute atomic E-state index is 12.8. The third-order valence-corrected chi connectivity index (χ3v) is 3.81. The van der Waals surface area contributed by atoms with E-state index >= 15 is 0 Å². The van der Waals surface area contributed by atoms with Crippen LogP contribution in [-0.4, -0.2) is 19.0 Å². The molecule has 0 aliphatic heterocycles. The van der Waals surface area contributed by atoms with Crippen LogP contribution in [0.25, 0.3) is 6.08 Å². The summed E-state index contributed by atoms with van der Waals surface area (Å²) in [5.41, 5.74) is 2.08. The van der Waals surface area contributed by atoms with Gasteiger partial charge in [0.05, 0.1) is 13.2 Å². The van der Waals surface area contributed by atoms with Crippen molar-refractivity contribution in [3.8, 4) is 17.6 Å². The zero-order valence-corrected chi connectivity index (χ0v) is 15.4. The molecule has 0 saturated carbocycles. The largest absolute Gasteiger partial charge is 0.490 e. The Morgan fingerprint density at radius 3 is 2.54 bits per heavy atom. The average molecular weight is 349 g/mol. The molecule has 0 radical (unpaired) electrons. The number of hydrogen-bond donors (Lipinski definition) is 0. The van der Waals surface area contributed by atoms with Gasteiger partial charge in [-0.15, -0.1) is 0 Å². The van der Waals surface area contributed by atoms with Gasteiger partial charge in [-0.05, 0) is 38.0 Å². The number of nitriles is 1. The summed E-state index contributed by atoms with van der Waals surface area (Å²) in [6.45, 7) is 6.80. The molecular formula is C22H23NO3. The first kappa shape index (κ1) is 19.3.